The third kappa shape index (κ3) is 1.74. The minimum atomic E-state index is 0.391. The Morgan fingerprint density at radius 1 is 1.14 bits per heavy atom. The molecular formula is C18H17N3O. The highest BCUT2D eigenvalue weighted by Crippen LogP contribution is 2.62. The molecule has 2 aromatic carbocycles. The number of benzene rings is 2. The summed E-state index contributed by atoms with van der Waals surface area (Å²) in [6.07, 6.45) is 2.40. The highest BCUT2D eigenvalue weighted by Gasteiger charge is 2.58. The van der Waals surface area contributed by atoms with Crippen molar-refractivity contribution in [3.63, 3.8) is 0 Å². The summed E-state index contributed by atoms with van der Waals surface area (Å²) in [7, 11) is 0. The van der Waals surface area contributed by atoms with Gasteiger partial charge in [-0.15, -0.1) is 0 Å². The Labute approximate surface area is 128 Å². The molecule has 1 aromatic heterocycles. The van der Waals surface area contributed by atoms with Crippen LogP contribution in [0.2, 0.25) is 0 Å². The van der Waals surface area contributed by atoms with Crippen molar-refractivity contribution in [1.82, 2.24) is 15.5 Å². The number of rotatable bonds is 2. The second kappa shape index (κ2) is 4.40. The SMILES string of the molecule is c1ccc2c(-c3noc(C4CC45CCNC5)n3)cccc2c1. The van der Waals surface area contributed by atoms with Gasteiger partial charge in [0.15, 0.2) is 0 Å². The topological polar surface area (TPSA) is 51.0 Å². The number of fused-ring (bicyclic) bond motifs is 1. The monoisotopic (exact) mass is 291 g/mol. The molecule has 1 aliphatic carbocycles. The average Bonchev–Trinajstić information content (AvgIpc) is 2.93. The van der Waals surface area contributed by atoms with E-state index in [1.54, 1.807) is 0 Å². The van der Waals surface area contributed by atoms with E-state index in [4.69, 9.17) is 9.51 Å². The maximum absolute atomic E-state index is 5.59. The highest BCUT2D eigenvalue weighted by atomic mass is 16.5. The molecule has 2 heterocycles. The van der Waals surface area contributed by atoms with Gasteiger partial charge in [0.25, 0.3) is 0 Å². The zero-order chi connectivity index (χ0) is 14.6. The molecule has 1 saturated heterocycles. The number of hydrogen-bond acceptors (Lipinski definition) is 4. The van der Waals surface area contributed by atoms with Crippen LogP contribution in [0.3, 0.4) is 0 Å². The Bertz CT molecular complexity index is 843. The highest BCUT2D eigenvalue weighted by molar-refractivity contribution is 5.94. The zero-order valence-corrected chi connectivity index (χ0v) is 12.2. The standard InChI is InChI=1S/C18H17N3O/c1-2-6-13-12(4-1)5-3-7-14(13)16-20-17(22-21-16)15-10-18(15)8-9-19-11-18/h1-7,15,19H,8-11H2. The van der Waals surface area contributed by atoms with Crippen LogP contribution in [0.15, 0.2) is 47.0 Å². The molecule has 22 heavy (non-hydrogen) atoms. The summed E-state index contributed by atoms with van der Waals surface area (Å²) >= 11 is 0. The van der Waals surface area contributed by atoms with Crippen LogP contribution in [0, 0.1) is 5.41 Å². The summed E-state index contributed by atoms with van der Waals surface area (Å²) in [6, 6.07) is 14.5. The van der Waals surface area contributed by atoms with Crippen molar-refractivity contribution in [3.05, 3.63) is 48.4 Å². The van der Waals surface area contributed by atoms with Crippen LogP contribution in [-0.4, -0.2) is 23.2 Å². The fraction of sp³-hybridized carbons (Fsp3) is 0.333. The first-order valence-electron chi connectivity index (χ1n) is 7.88. The molecule has 2 fully saturated rings. The van der Waals surface area contributed by atoms with Crippen LogP contribution in [-0.2, 0) is 0 Å². The van der Waals surface area contributed by atoms with Crippen LogP contribution in [0.5, 0.6) is 0 Å². The fourth-order valence-electron chi connectivity index (χ4n) is 3.84. The lowest BCUT2D eigenvalue weighted by Gasteiger charge is -2.03. The lowest BCUT2D eigenvalue weighted by molar-refractivity contribution is 0.364. The van der Waals surface area contributed by atoms with Gasteiger partial charge in [0.2, 0.25) is 11.7 Å². The quantitative estimate of drug-likeness (QED) is 0.786. The van der Waals surface area contributed by atoms with Gasteiger partial charge in [-0.3, -0.25) is 0 Å². The molecule has 0 bridgehead atoms. The van der Waals surface area contributed by atoms with Crippen molar-refractivity contribution in [2.24, 2.45) is 5.41 Å². The van der Waals surface area contributed by atoms with Gasteiger partial charge in [-0.25, -0.2) is 0 Å². The van der Waals surface area contributed by atoms with Gasteiger partial charge in [-0.1, -0.05) is 47.6 Å². The summed E-state index contributed by atoms with van der Waals surface area (Å²) in [6.45, 7) is 2.20. The van der Waals surface area contributed by atoms with E-state index in [-0.39, 0.29) is 0 Å². The molecule has 0 amide bonds. The first kappa shape index (κ1) is 12.4. The minimum absolute atomic E-state index is 0.391. The molecule has 2 unspecified atom stereocenters. The van der Waals surface area contributed by atoms with Gasteiger partial charge in [0, 0.05) is 18.0 Å². The number of hydrogen-bond donors (Lipinski definition) is 1. The molecule has 1 saturated carbocycles. The number of aromatic nitrogens is 2. The molecule has 3 aromatic rings. The second-order valence-electron chi connectivity index (χ2n) is 6.53. The summed E-state index contributed by atoms with van der Waals surface area (Å²) in [5, 5.41) is 10.1. The van der Waals surface area contributed by atoms with Gasteiger partial charge >= 0.3 is 0 Å². The fourth-order valence-corrected chi connectivity index (χ4v) is 3.84. The van der Waals surface area contributed by atoms with Gasteiger partial charge in [0.05, 0.1) is 0 Å². The molecule has 4 heteroatoms. The van der Waals surface area contributed by atoms with E-state index in [0.717, 1.165) is 24.5 Å². The second-order valence-corrected chi connectivity index (χ2v) is 6.53. The van der Waals surface area contributed by atoms with E-state index >= 15 is 0 Å². The van der Waals surface area contributed by atoms with E-state index in [1.807, 2.05) is 12.1 Å². The van der Waals surface area contributed by atoms with Crippen LogP contribution in [0.25, 0.3) is 22.2 Å². The van der Waals surface area contributed by atoms with E-state index < -0.39 is 0 Å². The molecule has 0 radical (unpaired) electrons. The third-order valence-corrected chi connectivity index (χ3v) is 5.24. The Hall–Kier alpha value is -2.20. The molecule has 5 rings (SSSR count). The molecule has 2 aliphatic rings. The summed E-state index contributed by atoms with van der Waals surface area (Å²) < 4.78 is 5.59. The van der Waals surface area contributed by atoms with E-state index in [0.29, 0.717) is 17.2 Å². The first-order valence-corrected chi connectivity index (χ1v) is 7.88. The Morgan fingerprint density at radius 3 is 2.95 bits per heavy atom. The molecule has 4 nitrogen and oxygen atoms in total. The van der Waals surface area contributed by atoms with Crippen LogP contribution < -0.4 is 5.32 Å². The largest absolute Gasteiger partial charge is 0.339 e. The number of nitrogens with one attached hydrogen (secondary N) is 1. The van der Waals surface area contributed by atoms with Gasteiger partial charge in [0.1, 0.15) is 0 Å². The van der Waals surface area contributed by atoms with Crippen molar-refractivity contribution in [3.8, 4) is 11.4 Å². The molecule has 110 valence electrons. The first-order chi connectivity index (χ1) is 10.9. The lowest BCUT2D eigenvalue weighted by Crippen LogP contribution is -2.10. The van der Waals surface area contributed by atoms with E-state index in [1.165, 1.54) is 23.6 Å². The van der Waals surface area contributed by atoms with Crippen molar-refractivity contribution in [2.75, 3.05) is 13.1 Å². The summed E-state index contributed by atoms with van der Waals surface area (Å²) in [5.41, 5.74) is 1.44. The van der Waals surface area contributed by atoms with Crippen LogP contribution in [0.4, 0.5) is 0 Å². The van der Waals surface area contributed by atoms with E-state index in [2.05, 4.69) is 40.8 Å². The summed E-state index contributed by atoms with van der Waals surface area (Å²) in [5.74, 6) is 1.96. The van der Waals surface area contributed by atoms with Crippen molar-refractivity contribution in [2.45, 2.75) is 18.8 Å². The van der Waals surface area contributed by atoms with E-state index in [9.17, 15) is 0 Å². The predicted molar refractivity (Wildman–Crippen MR) is 84.5 cm³/mol. The maximum Gasteiger partial charge on any atom is 0.230 e. The normalized spacial score (nSPS) is 26.8. The molecule has 1 aliphatic heterocycles. The molecule has 2 atom stereocenters. The smallest absolute Gasteiger partial charge is 0.230 e. The summed E-state index contributed by atoms with van der Waals surface area (Å²) in [4.78, 5) is 4.71. The van der Waals surface area contributed by atoms with Gasteiger partial charge in [-0.05, 0) is 35.6 Å². The molecule has 1 N–H and O–H groups in total. The van der Waals surface area contributed by atoms with Crippen molar-refractivity contribution in [1.29, 1.82) is 0 Å². The van der Waals surface area contributed by atoms with Gasteiger partial charge < -0.3 is 9.84 Å². The van der Waals surface area contributed by atoms with Crippen LogP contribution in [0.1, 0.15) is 24.7 Å². The zero-order valence-electron chi connectivity index (χ0n) is 12.2. The molecule has 1 spiro atoms. The Morgan fingerprint density at radius 2 is 2.05 bits per heavy atom. The van der Waals surface area contributed by atoms with Crippen LogP contribution >= 0.6 is 0 Å². The minimum Gasteiger partial charge on any atom is -0.339 e. The molecular weight excluding hydrogens is 274 g/mol. The van der Waals surface area contributed by atoms with Gasteiger partial charge in [-0.2, -0.15) is 4.98 Å². The predicted octanol–water partition coefficient (Wildman–Crippen LogP) is 3.36. The third-order valence-electron chi connectivity index (χ3n) is 5.24. The maximum atomic E-state index is 5.59. The average molecular weight is 291 g/mol. The Balaban J connectivity index is 1.54. The van der Waals surface area contributed by atoms with Crippen molar-refractivity contribution >= 4 is 10.8 Å². The van der Waals surface area contributed by atoms with Crippen molar-refractivity contribution < 1.29 is 4.52 Å². The Kier molecular flexibility index (Phi) is 2.47. The lowest BCUT2D eigenvalue weighted by atomic mass is 10.0. The number of nitrogens with zero attached hydrogens (tertiary/aromatic N) is 2.